The predicted molar refractivity (Wildman–Crippen MR) is 128 cm³/mol. The Morgan fingerprint density at radius 3 is 2.86 bits per heavy atom. The van der Waals surface area contributed by atoms with Gasteiger partial charge < -0.3 is 15.4 Å². The number of aromatic nitrogens is 6. The lowest BCUT2D eigenvalue weighted by Gasteiger charge is -2.18. The Morgan fingerprint density at radius 1 is 1.23 bits per heavy atom. The molecular weight excluding hydrogens is 451 g/mol. The van der Waals surface area contributed by atoms with E-state index in [2.05, 4.69) is 30.8 Å². The predicted octanol–water partition coefficient (Wildman–Crippen LogP) is 4.29. The zero-order valence-electron chi connectivity index (χ0n) is 19.7. The van der Waals surface area contributed by atoms with Crippen LogP contribution in [-0.2, 0) is 4.74 Å². The maximum absolute atomic E-state index is 15.1. The molecule has 182 valence electrons. The second kappa shape index (κ2) is 9.32. The zero-order valence-corrected chi connectivity index (χ0v) is 19.7. The Balaban J connectivity index is 1.36. The van der Waals surface area contributed by atoms with Crippen molar-refractivity contribution in [1.82, 2.24) is 34.9 Å². The number of ether oxygens (including phenoxy) is 1. The molecule has 0 spiro atoms. The van der Waals surface area contributed by atoms with E-state index >= 15 is 4.39 Å². The fourth-order valence-corrected chi connectivity index (χ4v) is 4.33. The number of carbonyl (C=O) groups is 1. The fourth-order valence-electron chi connectivity index (χ4n) is 4.33. The van der Waals surface area contributed by atoms with Crippen LogP contribution < -0.4 is 10.6 Å². The quantitative estimate of drug-likeness (QED) is 0.378. The van der Waals surface area contributed by atoms with Gasteiger partial charge in [-0.05, 0) is 45.7 Å². The lowest BCUT2D eigenvalue weighted by molar-refractivity contribution is 0.0555. The van der Waals surface area contributed by atoms with Crippen LogP contribution in [-0.4, -0.2) is 54.0 Å². The van der Waals surface area contributed by atoms with E-state index in [9.17, 15) is 4.79 Å². The van der Waals surface area contributed by atoms with Crippen molar-refractivity contribution in [2.75, 3.05) is 5.32 Å². The zero-order chi connectivity index (χ0) is 24.5. The molecule has 11 heteroatoms. The summed E-state index contributed by atoms with van der Waals surface area (Å²) < 4.78 is 22.2. The molecule has 5 rings (SSSR count). The highest BCUT2D eigenvalue weighted by molar-refractivity contribution is 5.68. The Bertz CT molecular complexity index is 1340. The summed E-state index contributed by atoms with van der Waals surface area (Å²) in [5, 5.41) is 13.1. The minimum atomic E-state index is -1.32. The van der Waals surface area contributed by atoms with Gasteiger partial charge in [0, 0.05) is 42.2 Å². The summed E-state index contributed by atoms with van der Waals surface area (Å²) in [6.45, 7) is 5.56. The SMILES string of the molecule is Cc1cn2c(Nc3cc([C@H]4CC[C@@H](OC(=O)NC(C)C)[C@@H]4F)[nH]n3)nc(-c3ccccn3)cc2n1. The number of rotatable bonds is 6. The van der Waals surface area contributed by atoms with E-state index in [1.807, 2.05) is 55.6 Å². The van der Waals surface area contributed by atoms with Gasteiger partial charge in [-0.15, -0.1) is 0 Å². The standard InChI is InChI=1S/C24H27FN8O2/c1-13(2)27-24(34)35-19-8-7-15(22(19)25)17-10-20(32-31-17)30-23-29-18(16-6-4-5-9-26-16)11-21-28-14(3)12-33(21)23/h4-6,9-13,15,19,22H,7-8H2,1-3H3,(H,27,34)(H2,29,30,31,32)/t15-,19-,22-/m1/s1. The molecule has 0 bridgehead atoms. The summed E-state index contributed by atoms with van der Waals surface area (Å²) in [6.07, 6.45) is 1.86. The second-order valence-corrected chi connectivity index (χ2v) is 9.00. The first-order valence-electron chi connectivity index (χ1n) is 11.6. The third-order valence-corrected chi connectivity index (χ3v) is 5.91. The number of pyridine rings is 1. The number of nitrogens with zero attached hydrogens (tertiary/aromatic N) is 5. The number of alkyl carbamates (subject to hydrolysis) is 1. The van der Waals surface area contributed by atoms with E-state index in [4.69, 9.17) is 9.72 Å². The highest BCUT2D eigenvalue weighted by Crippen LogP contribution is 2.38. The van der Waals surface area contributed by atoms with Crippen LogP contribution in [0.15, 0.2) is 42.7 Å². The molecule has 1 amide bonds. The Morgan fingerprint density at radius 2 is 2.09 bits per heavy atom. The summed E-state index contributed by atoms with van der Waals surface area (Å²) in [7, 11) is 0. The van der Waals surface area contributed by atoms with Gasteiger partial charge >= 0.3 is 6.09 Å². The molecule has 1 aliphatic rings. The number of H-pyrrole nitrogens is 1. The third kappa shape index (κ3) is 4.79. The Labute approximate surface area is 201 Å². The van der Waals surface area contributed by atoms with Crippen LogP contribution in [0.4, 0.5) is 21.0 Å². The first kappa shape index (κ1) is 22.8. The van der Waals surface area contributed by atoms with Gasteiger partial charge in [0.15, 0.2) is 5.82 Å². The minimum Gasteiger partial charge on any atom is -0.443 e. The van der Waals surface area contributed by atoms with E-state index in [1.165, 1.54) is 0 Å². The number of aromatic amines is 1. The van der Waals surface area contributed by atoms with Gasteiger partial charge in [-0.1, -0.05) is 6.07 Å². The first-order valence-corrected chi connectivity index (χ1v) is 11.6. The van der Waals surface area contributed by atoms with Crippen LogP contribution in [0.1, 0.15) is 44.0 Å². The van der Waals surface area contributed by atoms with Crippen molar-refractivity contribution in [2.45, 2.75) is 57.8 Å². The molecule has 4 heterocycles. The number of imidazole rings is 1. The monoisotopic (exact) mass is 478 g/mol. The second-order valence-electron chi connectivity index (χ2n) is 9.00. The van der Waals surface area contributed by atoms with Crippen molar-refractivity contribution >= 4 is 23.5 Å². The number of nitrogens with one attached hydrogen (secondary N) is 3. The van der Waals surface area contributed by atoms with Crippen LogP contribution in [0.2, 0.25) is 0 Å². The lowest BCUT2D eigenvalue weighted by Crippen LogP contribution is -2.36. The Kier molecular flexibility index (Phi) is 6.06. The summed E-state index contributed by atoms with van der Waals surface area (Å²) in [5.41, 5.74) is 3.58. The molecule has 0 saturated heterocycles. The molecule has 3 atom stereocenters. The molecule has 3 N–H and O–H groups in total. The van der Waals surface area contributed by atoms with Crippen molar-refractivity contribution in [3.63, 3.8) is 0 Å². The molecule has 0 aromatic carbocycles. The number of halogens is 1. The van der Waals surface area contributed by atoms with Crippen molar-refractivity contribution in [1.29, 1.82) is 0 Å². The first-order chi connectivity index (χ1) is 16.9. The van der Waals surface area contributed by atoms with Gasteiger partial charge in [0.2, 0.25) is 5.95 Å². The van der Waals surface area contributed by atoms with Crippen LogP contribution in [0.3, 0.4) is 0 Å². The number of anilines is 2. The molecule has 35 heavy (non-hydrogen) atoms. The number of aryl methyl sites for hydroxylation is 1. The van der Waals surface area contributed by atoms with E-state index in [1.54, 1.807) is 12.3 Å². The summed E-state index contributed by atoms with van der Waals surface area (Å²) in [6, 6.07) is 9.19. The summed E-state index contributed by atoms with van der Waals surface area (Å²) >= 11 is 0. The molecular formula is C24H27FN8O2. The largest absolute Gasteiger partial charge is 0.443 e. The number of amides is 1. The van der Waals surface area contributed by atoms with Crippen molar-refractivity contribution in [2.24, 2.45) is 0 Å². The highest BCUT2D eigenvalue weighted by atomic mass is 19.1. The normalized spacial score (nSPS) is 19.9. The van der Waals surface area contributed by atoms with E-state index in [0.717, 1.165) is 17.0 Å². The van der Waals surface area contributed by atoms with Gasteiger partial charge in [-0.25, -0.2) is 19.2 Å². The Hall–Kier alpha value is -4.02. The van der Waals surface area contributed by atoms with Gasteiger partial charge in [0.05, 0.1) is 17.1 Å². The topological polar surface area (TPSA) is 122 Å². The average molecular weight is 479 g/mol. The third-order valence-electron chi connectivity index (χ3n) is 5.91. The number of hydrogen-bond acceptors (Lipinski definition) is 7. The summed E-state index contributed by atoms with van der Waals surface area (Å²) in [4.78, 5) is 25.6. The van der Waals surface area contributed by atoms with Gasteiger partial charge in [0.25, 0.3) is 0 Å². The van der Waals surface area contributed by atoms with E-state index in [-0.39, 0.29) is 6.04 Å². The molecule has 0 unspecified atom stereocenters. The molecule has 1 aliphatic carbocycles. The molecule has 1 fully saturated rings. The fraction of sp³-hybridized carbons (Fsp3) is 0.375. The van der Waals surface area contributed by atoms with Gasteiger partial charge in [0.1, 0.15) is 17.9 Å². The maximum atomic E-state index is 15.1. The maximum Gasteiger partial charge on any atom is 0.407 e. The molecule has 4 aromatic rings. The van der Waals surface area contributed by atoms with Crippen molar-refractivity contribution in [3.05, 3.63) is 54.1 Å². The average Bonchev–Trinajstić information content (AvgIpc) is 3.52. The van der Waals surface area contributed by atoms with Crippen LogP contribution >= 0.6 is 0 Å². The van der Waals surface area contributed by atoms with Crippen LogP contribution in [0.5, 0.6) is 0 Å². The number of fused-ring (bicyclic) bond motifs is 1. The number of carbonyl (C=O) groups excluding carboxylic acids is 1. The molecule has 0 radical (unpaired) electrons. The van der Waals surface area contributed by atoms with Gasteiger partial charge in [-0.3, -0.25) is 14.5 Å². The smallest absolute Gasteiger partial charge is 0.407 e. The van der Waals surface area contributed by atoms with E-state index < -0.39 is 24.3 Å². The lowest BCUT2D eigenvalue weighted by atomic mass is 10.0. The van der Waals surface area contributed by atoms with Crippen molar-refractivity contribution < 1.29 is 13.9 Å². The number of alkyl halides is 1. The molecule has 10 nitrogen and oxygen atoms in total. The van der Waals surface area contributed by atoms with Gasteiger partial charge in [-0.2, -0.15) is 5.10 Å². The van der Waals surface area contributed by atoms with E-state index in [0.29, 0.717) is 36.0 Å². The molecule has 4 aromatic heterocycles. The van der Waals surface area contributed by atoms with Crippen LogP contribution in [0.25, 0.3) is 17.0 Å². The highest BCUT2D eigenvalue weighted by Gasteiger charge is 2.40. The molecule has 0 aliphatic heterocycles. The summed E-state index contributed by atoms with van der Waals surface area (Å²) in [5.74, 6) is 0.558. The van der Waals surface area contributed by atoms with Crippen molar-refractivity contribution in [3.8, 4) is 11.4 Å². The minimum absolute atomic E-state index is 0.0745. The molecule has 1 saturated carbocycles. The number of hydrogen-bond donors (Lipinski definition) is 3. The van der Waals surface area contributed by atoms with Crippen LogP contribution in [0, 0.1) is 6.92 Å².